The van der Waals surface area contributed by atoms with Gasteiger partial charge < -0.3 is 5.73 Å². The van der Waals surface area contributed by atoms with E-state index >= 15 is 0 Å². The molecule has 0 saturated heterocycles. The third-order valence-electron chi connectivity index (χ3n) is 3.41. The average Bonchev–Trinajstić information content (AvgIpc) is 2.50. The van der Waals surface area contributed by atoms with Crippen LogP contribution >= 0.6 is 0 Å². The fourth-order valence-corrected chi connectivity index (χ4v) is 3.09. The molecule has 2 aromatic carbocycles. The summed E-state index contributed by atoms with van der Waals surface area (Å²) >= 11 is 0. The summed E-state index contributed by atoms with van der Waals surface area (Å²) in [6.45, 7) is 1.17. The zero-order chi connectivity index (χ0) is 15.3. The fourth-order valence-electron chi connectivity index (χ4n) is 2.16. The number of nitrogens with two attached hydrogens (primary N) is 1. The first-order valence-corrected chi connectivity index (χ1v) is 8.36. The highest BCUT2D eigenvalue weighted by Crippen LogP contribution is 2.18. The smallest absolute Gasteiger partial charge is 0.279 e. The first-order chi connectivity index (χ1) is 10.0. The van der Waals surface area contributed by atoms with E-state index in [1.807, 2.05) is 42.5 Å². The molecule has 2 aromatic rings. The molecule has 0 heterocycles. The van der Waals surface area contributed by atoms with Crippen LogP contribution in [0.25, 0.3) is 10.8 Å². The van der Waals surface area contributed by atoms with Crippen molar-refractivity contribution >= 4 is 21.0 Å². The number of fused-ring (bicyclic) bond motifs is 1. The van der Waals surface area contributed by atoms with E-state index in [4.69, 9.17) is 5.73 Å². The topological polar surface area (TPSA) is 75.4 Å². The third-order valence-corrected chi connectivity index (χ3v) is 4.92. The zero-order valence-electron chi connectivity index (χ0n) is 12.1. The lowest BCUT2D eigenvalue weighted by Crippen LogP contribution is -2.38. The molecule has 6 heteroatoms. The molecule has 0 aromatic heterocycles. The molecule has 0 radical (unpaired) electrons. The van der Waals surface area contributed by atoms with Crippen LogP contribution in [0.5, 0.6) is 0 Å². The Morgan fingerprint density at radius 2 is 1.86 bits per heavy atom. The Bertz CT molecular complexity index is 696. The molecule has 0 bridgehead atoms. The van der Waals surface area contributed by atoms with Crippen molar-refractivity contribution in [2.24, 2.45) is 5.73 Å². The lowest BCUT2D eigenvalue weighted by molar-refractivity contribution is 0.452. The molecule has 0 fully saturated rings. The first kappa shape index (κ1) is 15.9. The summed E-state index contributed by atoms with van der Waals surface area (Å²) in [4.78, 5) is 0. The SMILES string of the molecule is CN(CCCN)S(=O)(=O)NCc1cccc2ccccc12. The van der Waals surface area contributed by atoms with Crippen LogP contribution in [0.15, 0.2) is 42.5 Å². The van der Waals surface area contributed by atoms with Gasteiger partial charge in [0, 0.05) is 20.1 Å². The van der Waals surface area contributed by atoms with Crippen LogP contribution in [0.2, 0.25) is 0 Å². The van der Waals surface area contributed by atoms with Crippen LogP contribution in [-0.4, -0.2) is 32.9 Å². The summed E-state index contributed by atoms with van der Waals surface area (Å²) in [7, 11) is -1.91. The molecule has 2 rings (SSSR count). The van der Waals surface area contributed by atoms with Crippen molar-refractivity contribution in [1.82, 2.24) is 9.03 Å². The van der Waals surface area contributed by atoms with Gasteiger partial charge in [-0.3, -0.25) is 0 Å². The number of nitrogens with zero attached hydrogens (tertiary/aromatic N) is 1. The number of hydrogen-bond acceptors (Lipinski definition) is 3. The number of hydrogen-bond donors (Lipinski definition) is 2. The normalized spacial score (nSPS) is 12.1. The first-order valence-electron chi connectivity index (χ1n) is 6.92. The number of rotatable bonds is 7. The van der Waals surface area contributed by atoms with Gasteiger partial charge in [0.05, 0.1) is 0 Å². The minimum atomic E-state index is -3.47. The van der Waals surface area contributed by atoms with Crippen LogP contribution in [-0.2, 0) is 16.8 Å². The third kappa shape index (κ3) is 4.01. The maximum absolute atomic E-state index is 12.1. The maximum Gasteiger partial charge on any atom is 0.279 e. The molecule has 114 valence electrons. The van der Waals surface area contributed by atoms with Crippen molar-refractivity contribution in [3.63, 3.8) is 0 Å². The van der Waals surface area contributed by atoms with E-state index in [9.17, 15) is 8.42 Å². The minimum Gasteiger partial charge on any atom is -0.330 e. The highest BCUT2D eigenvalue weighted by Gasteiger charge is 2.16. The molecular formula is C15H21N3O2S. The molecule has 21 heavy (non-hydrogen) atoms. The molecular weight excluding hydrogens is 286 g/mol. The number of benzene rings is 2. The van der Waals surface area contributed by atoms with Gasteiger partial charge in [-0.15, -0.1) is 0 Å². The maximum atomic E-state index is 12.1. The van der Waals surface area contributed by atoms with Crippen molar-refractivity contribution in [3.8, 4) is 0 Å². The Morgan fingerprint density at radius 1 is 1.14 bits per heavy atom. The van der Waals surface area contributed by atoms with Crippen LogP contribution in [0, 0.1) is 0 Å². The van der Waals surface area contributed by atoms with Gasteiger partial charge >= 0.3 is 0 Å². The molecule has 0 aliphatic carbocycles. The van der Waals surface area contributed by atoms with Crippen molar-refractivity contribution < 1.29 is 8.42 Å². The lowest BCUT2D eigenvalue weighted by Gasteiger charge is -2.17. The predicted octanol–water partition coefficient (Wildman–Crippen LogP) is 1.45. The van der Waals surface area contributed by atoms with E-state index < -0.39 is 10.2 Å². The second-order valence-corrected chi connectivity index (χ2v) is 6.79. The summed E-state index contributed by atoms with van der Waals surface area (Å²) in [5.74, 6) is 0. The van der Waals surface area contributed by atoms with E-state index in [0.29, 0.717) is 19.5 Å². The van der Waals surface area contributed by atoms with Gasteiger partial charge in [-0.1, -0.05) is 42.5 Å². The Morgan fingerprint density at radius 3 is 2.62 bits per heavy atom. The molecule has 5 nitrogen and oxygen atoms in total. The Balaban J connectivity index is 2.11. The van der Waals surface area contributed by atoms with Gasteiger partial charge in [0.25, 0.3) is 10.2 Å². The predicted molar refractivity (Wildman–Crippen MR) is 86.0 cm³/mol. The molecule has 0 saturated carbocycles. The largest absolute Gasteiger partial charge is 0.330 e. The molecule has 0 atom stereocenters. The van der Waals surface area contributed by atoms with Gasteiger partial charge in [-0.25, -0.2) is 0 Å². The molecule has 3 N–H and O–H groups in total. The average molecular weight is 307 g/mol. The molecule has 0 amide bonds. The second-order valence-electron chi connectivity index (χ2n) is 4.93. The number of nitrogens with one attached hydrogen (secondary N) is 1. The van der Waals surface area contributed by atoms with E-state index in [-0.39, 0.29) is 6.54 Å². The van der Waals surface area contributed by atoms with Crippen molar-refractivity contribution in [2.75, 3.05) is 20.1 Å². The van der Waals surface area contributed by atoms with Gasteiger partial charge in [0.1, 0.15) is 0 Å². The van der Waals surface area contributed by atoms with Gasteiger partial charge in [0.2, 0.25) is 0 Å². The van der Waals surface area contributed by atoms with Crippen LogP contribution < -0.4 is 10.5 Å². The van der Waals surface area contributed by atoms with Crippen LogP contribution in [0.1, 0.15) is 12.0 Å². The summed E-state index contributed by atoms with van der Waals surface area (Å²) in [6.07, 6.45) is 0.645. The lowest BCUT2D eigenvalue weighted by atomic mass is 10.1. The quantitative estimate of drug-likeness (QED) is 0.813. The standard InChI is InChI=1S/C15H21N3O2S/c1-18(11-5-10-16)21(19,20)17-12-14-8-4-7-13-6-2-3-9-15(13)14/h2-4,6-9,17H,5,10-12,16H2,1H3. The van der Waals surface area contributed by atoms with Crippen LogP contribution in [0.4, 0.5) is 0 Å². The van der Waals surface area contributed by atoms with Gasteiger partial charge in [0.15, 0.2) is 0 Å². The monoisotopic (exact) mass is 307 g/mol. The van der Waals surface area contributed by atoms with Crippen molar-refractivity contribution in [3.05, 3.63) is 48.0 Å². The van der Waals surface area contributed by atoms with Crippen LogP contribution in [0.3, 0.4) is 0 Å². The second kappa shape index (κ2) is 7.00. The molecule has 0 aliphatic rings. The Kier molecular flexibility index (Phi) is 5.30. The molecule has 0 unspecified atom stereocenters. The van der Waals surface area contributed by atoms with E-state index in [0.717, 1.165) is 16.3 Å². The van der Waals surface area contributed by atoms with E-state index in [2.05, 4.69) is 4.72 Å². The molecule has 0 spiro atoms. The summed E-state index contributed by atoms with van der Waals surface area (Å²) in [5, 5.41) is 2.16. The van der Waals surface area contributed by atoms with Gasteiger partial charge in [-0.05, 0) is 29.3 Å². The van der Waals surface area contributed by atoms with Gasteiger partial charge in [-0.2, -0.15) is 17.4 Å². The summed E-state index contributed by atoms with van der Waals surface area (Å²) in [5.41, 5.74) is 6.37. The highest BCUT2D eigenvalue weighted by atomic mass is 32.2. The van der Waals surface area contributed by atoms with E-state index in [1.165, 1.54) is 4.31 Å². The Hall–Kier alpha value is -1.47. The van der Waals surface area contributed by atoms with Crippen molar-refractivity contribution in [1.29, 1.82) is 0 Å². The minimum absolute atomic E-state index is 0.274. The highest BCUT2D eigenvalue weighted by molar-refractivity contribution is 7.87. The summed E-state index contributed by atoms with van der Waals surface area (Å²) in [6, 6.07) is 13.8. The van der Waals surface area contributed by atoms with Crippen molar-refractivity contribution in [2.45, 2.75) is 13.0 Å². The van der Waals surface area contributed by atoms with E-state index in [1.54, 1.807) is 7.05 Å². The fraction of sp³-hybridized carbons (Fsp3) is 0.333. The summed E-state index contributed by atoms with van der Waals surface area (Å²) < 4.78 is 28.2. The zero-order valence-corrected chi connectivity index (χ0v) is 12.9. The Labute approximate surface area is 125 Å². The molecule has 0 aliphatic heterocycles.